The predicted octanol–water partition coefficient (Wildman–Crippen LogP) is 2.88. The van der Waals surface area contributed by atoms with Crippen LogP contribution >= 0.6 is 0 Å². The number of para-hydroxylation sites is 1. The number of ketones is 1. The number of nitro benzene ring substituents is 1. The normalized spacial score (nSPS) is 26.0. The average molecular weight is 417 g/mol. The molecular weight excluding hydrogens is 398 g/mol. The van der Waals surface area contributed by atoms with Crippen LogP contribution < -0.4 is 9.80 Å². The number of fused-ring (bicyclic) bond motifs is 5. The van der Waals surface area contributed by atoms with Crippen LogP contribution in [0.15, 0.2) is 48.5 Å². The number of Topliss-reactive ketones (excluding diaryl/α,β-unsaturated/α-hetero) is 1. The predicted molar refractivity (Wildman–Crippen MR) is 114 cm³/mol. The summed E-state index contributed by atoms with van der Waals surface area (Å²) in [7, 11) is 0. The highest BCUT2D eigenvalue weighted by Crippen LogP contribution is 2.49. The molecule has 3 aliphatic heterocycles. The van der Waals surface area contributed by atoms with Crippen LogP contribution in [0.2, 0.25) is 0 Å². The number of anilines is 2. The van der Waals surface area contributed by atoms with Crippen LogP contribution in [0.1, 0.15) is 18.1 Å². The van der Waals surface area contributed by atoms with Crippen LogP contribution in [0.4, 0.5) is 17.1 Å². The number of benzene rings is 2. The number of non-ortho nitro benzene ring substituents is 1. The number of hydrogen-bond donors (Lipinski definition) is 0. The lowest BCUT2D eigenvalue weighted by Crippen LogP contribution is -2.48. The van der Waals surface area contributed by atoms with Gasteiger partial charge >= 0.3 is 0 Å². The van der Waals surface area contributed by atoms with E-state index in [1.54, 1.807) is 6.92 Å². The van der Waals surface area contributed by atoms with Crippen molar-refractivity contribution < 1.29 is 19.3 Å². The molecule has 0 unspecified atom stereocenters. The van der Waals surface area contributed by atoms with E-state index in [1.807, 2.05) is 41.3 Å². The van der Waals surface area contributed by atoms with Crippen molar-refractivity contribution in [3.63, 3.8) is 0 Å². The zero-order valence-electron chi connectivity index (χ0n) is 16.9. The van der Waals surface area contributed by atoms with E-state index >= 15 is 0 Å². The first-order valence-corrected chi connectivity index (χ1v) is 10.00. The molecule has 2 aromatic carbocycles. The summed E-state index contributed by atoms with van der Waals surface area (Å²) >= 11 is 0. The molecule has 0 bridgehead atoms. The molecule has 0 aromatic heterocycles. The standard InChI is InChI=1S/C23H19N3O5/c1-12-11-15(26(30)31)8-10-16(12)25-22(28)19-18-9-7-14-5-3-4-6-17(14)24(18)21(13(2)27)20(19)23(25)29/h3-11,18-21H,1-2H3/t18-,19+,20-,21-/m1/s1. The number of imide groups is 1. The van der Waals surface area contributed by atoms with E-state index in [0.29, 0.717) is 11.3 Å². The summed E-state index contributed by atoms with van der Waals surface area (Å²) in [5.41, 5.74) is 2.44. The van der Waals surface area contributed by atoms with Crippen molar-refractivity contribution in [1.29, 1.82) is 0 Å². The van der Waals surface area contributed by atoms with E-state index in [0.717, 1.165) is 16.2 Å². The van der Waals surface area contributed by atoms with Crippen molar-refractivity contribution in [3.8, 4) is 0 Å². The minimum absolute atomic E-state index is 0.111. The second-order valence-electron chi connectivity index (χ2n) is 8.16. The third kappa shape index (κ3) is 2.57. The van der Waals surface area contributed by atoms with Crippen LogP contribution in [-0.2, 0) is 14.4 Å². The van der Waals surface area contributed by atoms with Gasteiger partial charge in [0.1, 0.15) is 6.04 Å². The maximum atomic E-state index is 13.5. The fourth-order valence-corrected chi connectivity index (χ4v) is 5.21. The molecule has 156 valence electrons. The lowest BCUT2D eigenvalue weighted by atomic mass is 9.88. The molecule has 5 rings (SSSR count). The minimum Gasteiger partial charge on any atom is -0.353 e. The molecule has 0 aliphatic carbocycles. The van der Waals surface area contributed by atoms with E-state index in [4.69, 9.17) is 0 Å². The average Bonchev–Trinajstić information content (AvgIpc) is 3.21. The topological polar surface area (TPSA) is 101 Å². The quantitative estimate of drug-likeness (QED) is 0.432. The van der Waals surface area contributed by atoms with Crippen molar-refractivity contribution in [2.75, 3.05) is 9.80 Å². The highest BCUT2D eigenvalue weighted by atomic mass is 16.6. The molecule has 4 atom stereocenters. The van der Waals surface area contributed by atoms with Crippen molar-refractivity contribution in [3.05, 3.63) is 69.8 Å². The Morgan fingerprint density at radius 3 is 2.42 bits per heavy atom. The van der Waals surface area contributed by atoms with Gasteiger partial charge in [-0.1, -0.05) is 30.4 Å². The molecule has 8 heteroatoms. The molecule has 8 nitrogen and oxygen atoms in total. The molecule has 31 heavy (non-hydrogen) atoms. The van der Waals surface area contributed by atoms with Gasteiger partial charge in [-0.05, 0) is 37.1 Å². The van der Waals surface area contributed by atoms with Gasteiger partial charge in [-0.3, -0.25) is 24.5 Å². The number of nitro groups is 1. The SMILES string of the molecule is CC(=O)[C@@H]1[C@@H]2C(=O)N(c3ccc([N+](=O)[O-])cc3C)C(=O)[C@H]2[C@H]2C=Cc3ccccc3N21. The fourth-order valence-electron chi connectivity index (χ4n) is 5.21. The Labute approximate surface area is 177 Å². The highest BCUT2D eigenvalue weighted by Gasteiger charge is 2.63. The lowest BCUT2D eigenvalue weighted by Gasteiger charge is -2.36. The first-order chi connectivity index (χ1) is 14.8. The van der Waals surface area contributed by atoms with Gasteiger partial charge in [-0.15, -0.1) is 0 Å². The summed E-state index contributed by atoms with van der Waals surface area (Å²) in [6.45, 7) is 3.07. The van der Waals surface area contributed by atoms with Gasteiger partial charge in [0.2, 0.25) is 11.8 Å². The third-order valence-corrected chi connectivity index (χ3v) is 6.46. The smallest absolute Gasteiger partial charge is 0.269 e. The number of rotatable bonds is 3. The molecule has 3 heterocycles. The lowest BCUT2D eigenvalue weighted by molar-refractivity contribution is -0.384. The molecule has 2 saturated heterocycles. The van der Waals surface area contributed by atoms with Gasteiger partial charge in [0, 0.05) is 17.8 Å². The fraction of sp³-hybridized carbons (Fsp3) is 0.261. The highest BCUT2D eigenvalue weighted by molar-refractivity contribution is 6.25. The molecule has 0 radical (unpaired) electrons. The van der Waals surface area contributed by atoms with Crippen molar-refractivity contribution >= 4 is 40.7 Å². The summed E-state index contributed by atoms with van der Waals surface area (Å²) in [4.78, 5) is 53.3. The van der Waals surface area contributed by atoms with Crippen molar-refractivity contribution in [2.24, 2.45) is 11.8 Å². The van der Waals surface area contributed by atoms with Gasteiger partial charge in [0.25, 0.3) is 5.69 Å². The first kappa shape index (κ1) is 19.2. The Hall–Kier alpha value is -3.81. The summed E-state index contributed by atoms with van der Waals surface area (Å²) in [6, 6.07) is 10.5. The Kier molecular flexibility index (Phi) is 4.08. The maximum Gasteiger partial charge on any atom is 0.269 e. The van der Waals surface area contributed by atoms with Gasteiger partial charge in [-0.2, -0.15) is 0 Å². The summed E-state index contributed by atoms with van der Waals surface area (Å²) in [6.07, 6.45) is 3.81. The summed E-state index contributed by atoms with van der Waals surface area (Å²) in [5.74, 6) is -2.49. The maximum absolute atomic E-state index is 13.5. The molecule has 0 saturated carbocycles. The molecule has 2 fully saturated rings. The molecular formula is C23H19N3O5. The van der Waals surface area contributed by atoms with Gasteiger partial charge in [-0.25, -0.2) is 4.90 Å². The Balaban J connectivity index is 1.60. The van der Waals surface area contributed by atoms with Crippen LogP contribution in [0, 0.1) is 28.9 Å². The van der Waals surface area contributed by atoms with Gasteiger partial charge in [0.05, 0.1) is 28.5 Å². The van der Waals surface area contributed by atoms with E-state index in [2.05, 4.69) is 0 Å². The second-order valence-corrected chi connectivity index (χ2v) is 8.16. The minimum atomic E-state index is -0.805. The third-order valence-electron chi connectivity index (χ3n) is 6.46. The van der Waals surface area contributed by atoms with Crippen molar-refractivity contribution in [2.45, 2.75) is 25.9 Å². The van der Waals surface area contributed by atoms with Crippen LogP contribution in [0.25, 0.3) is 6.08 Å². The van der Waals surface area contributed by atoms with E-state index in [9.17, 15) is 24.5 Å². The molecule has 2 aromatic rings. The van der Waals surface area contributed by atoms with E-state index < -0.39 is 34.7 Å². The number of amides is 2. The first-order valence-electron chi connectivity index (χ1n) is 10.00. The van der Waals surface area contributed by atoms with Crippen molar-refractivity contribution in [1.82, 2.24) is 0 Å². The van der Waals surface area contributed by atoms with Crippen LogP contribution in [0.3, 0.4) is 0 Å². The molecule has 0 spiro atoms. The number of hydrogen-bond acceptors (Lipinski definition) is 6. The van der Waals surface area contributed by atoms with Crippen LogP contribution in [-0.4, -0.2) is 34.6 Å². The van der Waals surface area contributed by atoms with Gasteiger partial charge in [0.15, 0.2) is 5.78 Å². The molecule has 3 aliphatic rings. The number of carbonyl (C=O) groups excluding carboxylic acids is 3. The second kappa shape index (κ2) is 6.60. The molecule has 2 amide bonds. The summed E-state index contributed by atoms with van der Waals surface area (Å²) in [5, 5.41) is 11.1. The molecule has 0 N–H and O–H groups in total. The number of carbonyl (C=O) groups is 3. The Bertz CT molecular complexity index is 1200. The summed E-state index contributed by atoms with van der Waals surface area (Å²) < 4.78 is 0. The largest absolute Gasteiger partial charge is 0.353 e. The van der Waals surface area contributed by atoms with Gasteiger partial charge < -0.3 is 4.90 Å². The number of nitrogens with zero attached hydrogens (tertiary/aromatic N) is 3. The monoisotopic (exact) mass is 417 g/mol. The Morgan fingerprint density at radius 2 is 1.74 bits per heavy atom. The Morgan fingerprint density at radius 1 is 1.03 bits per heavy atom. The zero-order chi connectivity index (χ0) is 22.0. The number of aryl methyl sites for hydroxylation is 1. The van der Waals surface area contributed by atoms with E-state index in [-0.39, 0.29) is 17.4 Å². The van der Waals surface area contributed by atoms with E-state index in [1.165, 1.54) is 25.1 Å². The zero-order valence-corrected chi connectivity index (χ0v) is 16.9. The van der Waals surface area contributed by atoms with Crippen LogP contribution in [0.5, 0.6) is 0 Å².